The number of aliphatic carboxylic acids is 1. The highest BCUT2D eigenvalue weighted by Crippen LogP contribution is 2.14. The van der Waals surface area contributed by atoms with Gasteiger partial charge in [0.25, 0.3) is 0 Å². The Morgan fingerprint density at radius 1 is 1.44 bits per heavy atom. The van der Waals surface area contributed by atoms with E-state index in [1.165, 1.54) is 6.92 Å². The first-order valence-electron chi connectivity index (χ1n) is 5.74. The van der Waals surface area contributed by atoms with E-state index in [9.17, 15) is 9.59 Å². The monoisotopic (exact) mass is 270 g/mol. The summed E-state index contributed by atoms with van der Waals surface area (Å²) in [6.45, 7) is 5.74. The second kappa shape index (κ2) is 6.39. The Balaban J connectivity index is 2.67. The van der Waals surface area contributed by atoms with Crippen molar-refractivity contribution in [3.05, 3.63) is 22.4 Å². The van der Waals surface area contributed by atoms with Gasteiger partial charge in [-0.25, -0.2) is 4.79 Å². The maximum Gasteiger partial charge on any atom is 0.325 e. The highest BCUT2D eigenvalue weighted by atomic mass is 32.1. The summed E-state index contributed by atoms with van der Waals surface area (Å²) < 4.78 is 0. The lowest BCUT2D eigenvalue weighted by molar-refractivity contribution is -0.138. The van der Waals surface area contributed by atoms with Gasteiger partial charge in [0, 0.05) is 10.9 Å². The molecule has 0 unspecified atom stereocenters. The maximum absolute atomic E-state index is 12.0. The molecule has 0 fully saturated rings. The predicted molar refractivity (Wildman–Crippen MR) is 70.6 cm³/mol. The number of amides is 2. The van der Waals surface area contributed by atoms with Gasteiger partial charge in [-0.3, -0.25) is 4.79 Å². The average Bonchev–Trinajstić information content (AvgIpc) is 2.77. The molecule has 5 nitrogen and oxygen atoms in total. The van der Waals surface area contributed by atoms with Gasteiger partial charge in [0.2, 0.25) is 0 Å². The fourth-order valence-electron chi connectivity index (χ4n) is 1.39. The van der Waals surface area contributed by atoms with E-state index in [-0.39, 0.29) is 12.1 Å². The van der Waals surface area contributed by atoms with Crippen LogP contribution in [-0.2, 0) is 11.3 Å². The lowest BCUT2D eigenvalue weighted by atomic mass is 10.3. The van der Waals surface area contributed by atoms with Crippen molar-refractivity contribution in [1.82, 2.24) is 10.2 Å². The number of carbonyl (C=O) groups excluding carboxylic acids is 1. The molecule has 1 aromatic heterocycles. The summed E-state index contributed by atoms with van der Waals surface area (Å²) >= 11 is 1.57. The molecule has 0 saturated heterocycles. The third-order valence-electron chi connectivity index (χ3n) is 2.50. The number of hydrogen-bond acceptors (Lipinski definition) is 3. The number of urea groups is 1. The van der Waals surface area contributed by atoms with Crippen LogP contribution in [0.1, 0.15) is 25.6 Å². The lowest BCUT2D eigenvalue weighted by Crippen LogP contribution is -2.48. The van der Waals surface area contributed by atoms with Crippen LogP contribution in [0.2, 0.25) is 0 Å². The summed E-state index contributed by atoms with van der Waals surface area (Å²) in [4.78, 5) is 25.4. The Labute approximate surface area is 110 Å². The van der Waals surface area contributed by atoms with E-state index >= 15 is 0 Å². The molecule has 0 saturated carbocycles. The van der Waals surface area contributed by atoms with Crippen LogP contribution in [0.5, 0.6) is 0 Å². The zero-order valence-corrected chi connectivity index (χ0v) is 11.5. The Morgan fingerprint density at radius 2 is 2.11 bits per heavy atom. The van der Waals surface area contributed by atoms with Crippen LogP contribution in [0.25, 0.3) is 0 Å². The van der Waals surface area contributed by atoms with E-state index in [2.05, 4.69) is 5.32 Å². The molecule has 0 spiro atoms. The highest BCUT2D eigenvalue weighted by Gasteiger charge is 2.21. The van der Waals surface area contributed by atoms with Crippen molar-refractivity contribution in [2.24, 2.45) is 0 Å². The van der Waals surface area contributed by atoms with E-state index in [1.54, 1.807) is 16.2 Å². The van der Waals surface area contributed by atoms with Crippen molar-refractivity contribution in [2.45, 2.75) is 39.4 Å². The van der Waals surface area contributed by atoms with Crippen molar-refractivity contribution < 1.29 is 14.7 Å². The molecule has 0 aliphatic carbocycles. The van der Waals surface area contributed by atoms with Crippen LogP contribution in [0.3, 0.4) is 0 Å². The molecule has 100 valence electrons. The fraction of sp³-hybridized carbons (Fsp3) is 0.500. The number of nitrogens with zero attached hydrogens (tertiary/aromatic N) is 1. The van der Waals surface area contributed by atoms with E-state index in [4.69, 9.17) is 5.11 Å². The molecule has 6 heteroatoms. The average molecular weight is 270 g/mol. The zero-order valence-electron chi connectivity index (χ0n) is 10.7. The van der Waals surface area contributed by atoms with Crippen LogP contribution >= 0.6 is 11.3 Å². The van der Waals surface area contributed by atoms with Crippen LogP contribution < -0.4 is 5.32 Å². The Bertz CT molecular complexity index is 403. The van der Waals surface area contributed by atoms with Gasteiger partial charge < -0.3 is 15.3 Å². The summed E-state index contributed by atoms with van der Waals surface area (Å²) in [5.41, 5.74) is 0. The largest absolute Gasteiger partial charge is 0.480 e. The molecule has 1 rings (SSSR count). The molecular weight excluding hydrogens is 252 g/mol. The smallest absolute Gasteiger partial charge is 0.325 e. The zero-order chi connectivity index (χ0) is 13.7. The number of hydrogen-bond donors (Lipinski definition) is 2. The second-order valence-electron chi connectivity index (χ2n) is 4.31. The molecule has 0 aromatic carbocycles. The number of nitrogens with one attached hydrogen (secondary N) is 1. The lowest BCUT2D eigenvalue weighted by Gasteiger charge is -2.27. The van der Waals surface area contributed by atoms with Gasteiger partial charge in [-0.15, -0.1) is 11.3 Å². The van der Waals surface area contributed by atoms with Gasteiger partial charge in [-0.2, -0.15) is 0 Å². The molecular formula is C12H18N2O3S. The Kier molecular flexibility index (Phi) is 5.15. The van der Waals surface area contributed by atoms with Gasteiger partial charge in [0.15, 0.2) is 0 Å². The van der Waals surface area contributed by atoms with E-state index in [1.807, 2.05) is 31.4 Å². The number of thiophene rings is 1. The predicted octanol–water partition coefficient (Wildman–Crippen LogP) is 2.14. The van der Waals surface area contributed by atoms with Crippen LogP contribution in [0.4, 0.5) is 4.79 Å². The van der Waals surface area contributed by atoms with Crippen LogP contribution in [0.15, 0.2) is 17.5 Å². The van der Waals surface area contributed by atoms with Crippen molar-refractivity contribution in [3.8, 4) is 0 Å². The number of carboxylic acids is 1. The minimum Gasteiger partial charge on any atom is -0.480 e. The normalized spacial score (nSPS) is 12.2. The Hall–Kier alpha value is -1.56. The maximum atomic E-state index is 12.0. The molecule has 0 bridgehead atoms. The quantitative estimate of drug-likeness (QED) is 0.861. The van der Waals surface area contributed by atoms with Crippen molar-refractivity contribution in [1.29, 1.82) is 0 Å². The van der Waals surface area contributed by atoms with Crippen molar-refractivity contribution in [2.75, 3.05) is 0 Å². The van der Waals surface area contributed by atoms with Gasteiger partial charge in [0.05, 0.1) is 6.54 Å². The summed E-state index contributed by atoms with van der Waals surface area (Å²) in [5.74, 6) is -1.04. The molecule has 18 heavy (non-hydrogen) atoms. The molecule has 2 N–H and O–H groups in total. The summed E-state index contributed by atoms with van der Waals surface area (Å²) in [6.07, 6.45) is 0. The number of carboxylic acid groups (broad SMARTS) is 1. The SMILES string of the molecule is CC(C)N(Cc1cccs1)C(=O)N[C@@H](C)C(=O)O. The molecule has 2 amide bonds. The molecule has 0 aliphatic rings. The molecule has 0 radical (unpaired) electrons. The second-order valence-corrected chi connectivity index (χ2v) is 5.34. The van der Waals surface area contributed by atoms with Crippen LogP contribution in [0, 0.1) is 0 Å². The third kappa shape index (κ3) is 4.03. The van der Waals surface area contributed by atoms with E-state index < -0.39 is 12.0 Å². The first kappa shape index (κ1) is 14.5. The molecule has 0 aliphatic heterocycles. The highest BCUT2D eigenvalue weighted by molar-refractivity contribution is 7.09. The van der Waals surface area contributed by atoms with Crippen molar-refractivity contribution in [3.63, 3.8) is 0 Å². The molecule has 1 heterocycles. The van der Waals surface area contributed by atoms with E-state index in [0.29, 0.717) is 6.54 Å². The Morgan fingerprint density at radius 3 is 2.56 bits per heavy atom. The first-order chi connectivity index (χ1) is 8.41. The molecule has 1 aromatic rings. The standard InChI is InChI=1S/C12H18N2O3S/c1-8(2)14(7-10-5-4-6-18-10)12(17)13-9(3)11(15)16/h4-6,8-9H,7H2,1-3H3,(H,13,17)(H,15,16)/t9-/m0/s1. The topological polar surface area (TPSA) is 69.6 Å². The van der Waals surface area contributed by atoms with Gasteiger partial charge in [0.1, 0.15) is 6.04 Å². The van der Waals surface area contributed by atoms with Gasteiger partial charge >= 0.3 is 12.0 Å². The van der Waals surface area contributed by atoms with E-state index in [0.717, 1.165) is 4.88 Å². The minimum atomic E-state index is -1.04. The third-order valence-corrected chi connectivity index (χ3v) is 3.36. The first-order valence-corrected chi connectivity index (χ1v) is 6.62. The van der Waals surface area contributed by atoms with Gasteiger partial charge in [-0.1, -0.05) is 6.07 Å². The number of rotatable bonds is 5. The summed E-state index contributed by atoms with van der Waals surface area (Å²) in [5, 5.41) is 13.2. The molecule has 1 atom stereocenters. The van der Waals surface area contributed by atoms with Crippen LogP contribution in [-0.4, -0.2) is 34.1 Å². The van der Waals surface area contributed by atoms with Crippen molar-refractivity contribution >= 4 is 23.3 Å². The summed E-state index contributed by atoms with van der Waals surface area (Å²) in [7, 11) is 0. The van der Waals surface area contributed by atoms with Gasteiger partial charge in [-0.05, 0) is 32.2 Å². The number of carbonyl (C=O) groups is 2. The summed E-state index contributed by atoms with van der Waals surface area (Å²) in [6, 6.07) is 2.65. The fourth-order valence-corrected chi connectivity index (χ4v) is 2.09. The minimum absolute atomic E-state index is 0.00750.